The van der Waals surface area contributed by atoms with Crippen LogP contribution in [0.25, 0.3) is 0 Å². The predicted octanol–water partition coefficient (Wildman–Crippen LogP) is 1.12. The van der Waals surface area contributed by atoms with Crippen molar-refractivity contribution in [2.45, 2.75) is 25.5 Å². The summed E-state index contributed by atoms with van der Waals surface area (Å²) in [5.74, 6) is 0. The van der Waals surface area contributed by atoms with Crippen LogP contribution in [-0.4, -0.2) is 21.9 Å². The van der Waals surface area contributed by atoms with E-state index in [1.807, 2.05) is 0 Å². The van der Waals surface area contributed by atoms with Gasteiger partial charge in [-0.25, -0.2) is 0 Å². The summed E-state index contributed by atoms with van der Waals surface area (Å²) in [5, 5.41) is 18.1. The minimum atomic E-state index is -1.09. The first-order valence-electron chi connectivity index (χ1n) is 3.09. The van der Waals surface area contributed by atoms with Gasteiger partial charge in [0.05, 0.1) is 11.5 Å². The van der Waals surface area contributed by atoms with Crippen molar-refractivity contribution in [3.8, 4) is 0 Å². The zero-order valence-electron chi connectivity index (χ0n) is 6.21. The standard InChI is InChI=1S/C7H13ClO2/c1-4-7(3,5(2)9)6(8)10/h4-6,9-10H,1H2,2-3H3/t5-,6?,7?/m0/s1. The molecule has 0 rings (SSSR count). The van der Waals surface area contributed by atoms with Gasteiger partial charge in [0.2, 0.25) is 0 Å². The molecular weight excluding hydrogens is 152 g/mol. The van der Waals surface area contributed by atoms with E-state index >= 15 is 0 Å². The normalized spacial score (nSPS) is 22.9. The number of halogens is 1. The molecule has 0 saturated carbocycles. The molecule has 2 unspecified atom stereocenters. The van der Waals surface area contributed by atoms with Crippen LogP contribution in [-0.2, 0) is 0 Å². The number of aliphatic hydroxyl groups is 2. The maximum absolute atomic E-state index is 9.13. The van der Waals surface area contributed by atoms with Crippen molar-refractivity contribution < 1.29 is 10.2 Å². The van der Waals surface area contributed by atoms with Crippen LogP contribution in [0, 0.1) is 5.41 Å². The summed E-state index contributed by atoms with van der Waals surface area (Å²) in [6.45, 7) is 6.67. The van der Waals surface area contributed by atoms with Gasteiger partial charge < -0.3 is 10.2 Å². The van der Waals surface area contributed by atoms with Gasteiger partial charge in [-0.05, 0) is 13.8 Å². The Morgan fingerprint density at radius 3 is 2.00 bits per heavy atom. The molecule has 0 aromatic heterocycles. The van der Waals surface area contributed by atoms with Crippen LogP contribution >= 0.6 is 11.6 Å². The van der Waals surface area contributed by atoms with Crippen molar-refractivity contribution in [3.05, 3.63) is 12.7 Å². The number of rotatable bonds is 3. The first-order chi connectivity index (χ1) is 4.45. The van der Waals surface area contributed by atoms with Crippen molar-refractivity contribution in [1.29, 1.82) is 0 Å². The summed E-state index contributed by atoms with van der Waals surface area (Å²) < 4.78 is 0. The van der Waals surface area contributed by atoms with E-state index in [1.54, 1.807) is 13.8 Å². The first-order valence-corrected chi connectivity index (χ1v) is 3.52. The van der Waals surface area contributed by atoms with Gasteiger partial charge in [-0.15, -0.1) is 6.58 Å². The Bertz CT molecular complexity index is 113. The van der Waals surface area contributed by atoms with Crippen molar-refractivity contribution in [2.24, 2.45) is 5.41 Å². The Labute approximate surface area is 66.1 Å². The van der Waals surface area contributed by atoms with Crippen molar-refractivity contribution >= 4 is 11.6 Å². The third-order valence-corrected chi connectivity index (χ3v) is 2.32. The van der Waals surface area contributed by atoms with E-state index in [9.17, 15) is 0 Å². The fourth-order valence-electron chi connectivity index (χ4n) is 0.467. The fraction of sp³-hybridized carbons (Fsp3) is 0.714. The molecule has 0 spiro atoms. The molecule has 0 aliphatic heterocycles. The summed E-state index contributed by atoms with van der Waals surface area (Å²) in [7, 11) is 0. The molecule has 0 radical (unpaired) electrons. The smallest absolute Gasteiger partial charge is 0.139 e. The topological polar surface area (TPSA) is 40.5 Å². The third kappa shape index (κ3) is 1.72. The number of aliphatic hydroxyl groups excluding tert-OH is 2. The molecule has 0 amide bonds. The summed E-state index contributed by atoms with van der Waals surface area (Å²) in [5.41, 5.74) is -1.91. The molecule has 0 aliphatic carbocycles. The average molecular weight is 165 g/mol. The maximum atomic E-state index is 9.13. The zero-order valence-corrected chi connectivity index (χ0v) is 6.97. The second-order valence-corrected chi connectivity index (χ2v) is 3.00. The van der Waals surface area contributed by atoms with Gasteiger partial charge >= 0.3 is 0 Å². The molecular formula is C7H13ClO2. The van der Waals surface area contributed by atoms with E-state index in [4.69, 9.17) is 21.8 Å². The van der Waals surface area contributed by atoms with Gasteiger partial charge in [-0.2, -0.15) is 0 Å². The van der Waals surface area contributed by atoms with Gasteiger partial charge in [-0.1, -0.05) is 17.7 Å². The van der Waals surface area contributed by atoms with Gasteiger partial charge in [0, 0.05) is 0 Å². The monoisotopic (exact) mass is 164 g/mol. The second-order valence-electron chi connectivity index (χ2n) is 2.58. The van der Waals surface area contributed by atoms with Crippen LogP contribution in [0.5, 0.6) is 0 Å². The molecule has 0 bridgehead atoms. The minimum Gasteiger partial charge on any atom is -0.392 e. The van der Waals surface area contributed by atoms with E-state index in [-0.39, 0.29) is 0 Å². The number of hydrogen-bond donors (Lipinski definition) is 2. The van der Waals surface area contributed by atoms with E-state index in [0.717, 1.165) is 0 Å². The molecule has 0 aromatic carbocycles. The lowest BCUT2D eigenvalue weighted by Gasteiger charge is -2.30. The highest BCUT2D eigenvalue weighted by atomic mass is 35.5. The Hall–Kier alpha value is -0.0500. The van der Waals surface area contributed by atoms with E-state index < -0.39 is 17.1 Å². The summed E-state index contributed by atoms with van der Waals surface area (Å²) in [6.07, 6.45) is 0.757. The SMILES string of the molecule is C=CC(C)(C(O)Cl)[C@H](C)O. The largest absolute Gasteiger partial charge is 0.392 e. The van der Waals surface area contributed by atoms with E-state index in [0.29, 0.717) is 0 Å². The summed E-state index contributed by atoms with van der Waals surface area (Å²) >= 11 is 5.40. The van der Waals surface area contributed by atoms with Crippen LogP contribution in [0.15, 0.2) is 12.7 Å². The fourth-order valence-corrected chi connectivity index (χ4v) is 0.738. The molecule has 0 heterocycles. The first kappa shape index (κ1) is 9.95. The highest BCUT2D eigenvalue weighted by Gasteiger charge is 2.33. The second kappa shape index (κ2) is 3.37. The lowest BCUT2D eigenvalue weighted by Crippen LogP contribution is -2.36. The highest BCUT2D eigenvalue weighted by molar-refractivity contribution is 6.20. The van der Waals surface area contributed by atoms with Crippen molar-refractivity contribution in [2.75, 3.05) is 0 Å². The minimum absolute atomic E-state index is 0.697. The summed E-state index contributed by atoms with van der Waals surface area (Å²) in [4.78, 5) is 0. The Kier molecular flexibility index (Phi) is 3.36. The lowest BCUT2D eigenvalue weighted by molar-refractivity contribution is 0.0212. The van der Waals surface area contributed by atoms with Crippen LogP contribution in [0.4, 0.5) is 0 Å². The molecule has 3 atom stereocenters. The van der Waals surface area contributed by atoms with E-state index in [1.165, 1.54) is 6.08 Å². The van der Waals surface area contributed by atoms with Crippen molar-refractivity contribution in [3.63, 3.8) is 0 Å². The Morgan fingerprint density at radius 2 is 2.00 bits per heavy atom. The molecule has 10 heavy (non-hydrogen) atoms. The molecule has 0 saturated heterocycles. The average Bonchev–Trinajstić information content (AvgIpc) is 1.85. The molecule has 2 N–H and O–H groups in total. The number of hydrogen-bond acceptors (Lipinski definition) is 2. The maximum Gasteiger partial charge on any atom is 0.139 e. The predicted molar refractivity (Wildman–Crippen MR) is 41.8 cm³/mol. The molecule has 0 aliphatic rings. The number of alkyl halides is 1. The third-order valence-electron chi connectivity index (χ3n) is 1.85. The van der Waals surface area contributed by atoms with Gasteiger partial charge in [0.25, 0.3) is 0 Å². The van der Waals surface area contributed by atoms with E-state index in [2.05, 4.69) is 6.58 Å². The zero-order chi connectivity index (χ0) is 8.36. The molecule has 0 fully saturated rings. The van der Waals surface area contributed by atoms with Gasteiger partial charge in [0.1, 0.15) is 5.56 Å². The highest BCUT2D eigenvalue weighted by Crippen LogP contribution is 2.29. The quantitative estimate of drug-likeness (QED) is 0.485. The Balaban J connectivity index is 4.38. The van der Waals surface area contributed by atoms with Gasteiger partial charge in [0.15, 0.2) is 0 Å². The molecule has 60 valence electrons. The molecule has 0 aromatic rings. The Morgan fingerprint density at radius 1 is 1.60 bits per heavy atom. The van der Waals surface area contributed by atoms with Crippen LogP contribution < -0.4 is 0 Å². The molecule has 2 nitrogen and oxygen atoms in total. The van der Waals surface area contributed by atoms with Gasteiger partial charge in [-0.3, -0.25) is 0 Å². The molecule has 3 heteroatoms. The van der Waals surface area contributed by atoms with Crippen LogP contribution in [0.3, 0.4) is 0 Å². The summed E-state index contributed by atoms with van der Waals surface area (Å²) in [6, 6.07) is 0. The van der Waals surface area contributed by atoms with Crippen LogP contribution in [0.2, 0.25) is 0 Å². The van der Waals surface area contributed by atoms with Crippen LogP contribution in [0.1, 0.15) is 13.8 Å². The van der Waals surface area contributed by atoms with Crippen molar-refractivity contribution in [1.82, 2.24) is 0 Å². The lowest BCUT2D eigenvalue weighted by atomic mass is 9.86.